The van der Waals surface area contributed by atoms with Crippen molar-refractivity contribution >= 4 is 11.3 Å². The van der Waals surface area contributed by atoms with Crippen LogP contribution in [0.2, 0.25) is 0 Å². The SMILES string of the molecule is CCCC1CN(C(C)c2nccs2)C(CC)CN1. The van der Waals surface area contributed by atoms with E-state index < -0.39 is 0 Å². The lowest BCUT2D eigenvalue weighted by Gasteiger charge is -2.43. The van der Waals surface area contributed by atoms with E-state index >= 15 is 0 Å². The molecular weight excluding hydrogens is 242 g/mol. The fraction of sp³-hybridized carbons (Fsp3) is 0.786. The Morgan fingerprint density at radius 3 is 3.00 bits per heavy atom. The van der Waals surface area contributed by atoms with Crippen LogP contribution in [0.25, 0.3) is 0 Å². The average molecular weight is 267 g/mol. The van der Waals surface area contributed by atoms with Gasteiger partial charge in [0, 0.05) is 36.8 Å². The lowest BCUT2D eigenvalue weighted by atomic mass is 10.0. The summed E-state index contributed by atoms with van der Waals surface area (Å²) in [4.78, 5) is 7.14. The number of aromatic nitrogens is 1. The Kier molecular flexibility index (Phi) is 5.15. The number of nitrogens with zero attached hydrogens (tertiary/aromatic N) is 2. The predicted octanol–water partition coefficient (Wildman–Crippen LogP) is 3.06. The molecule has 1 aromatic heterocycles. The molecule has 0 saturated carbocycles. The minimum atomic E-state index is 0.455. The van der Waals surface area contributed by atoms with Crippen LogP contribution in [0.3, 0.4) is 0 Å². The van der Waals surface area contributed by atoms with Crippen LogP contribution in [0, 0.1) is 0 Å². The fourth-order valence-corrected chi connectivity index (χ4v) is 3.58. The molecule has 3 atom stereocenters. The summed E-state index contributed by atoms with van der Waals surface area (Å²) in [5.41, 5.74) is 0. The third-order valence-electron chi connectivity index (χ3n) is 3.96. The summed E-state index contributed by atoms with van der Waals surface area (Å²) in [7, 11) is 0. The van der Waals surface area contributed by atoms with E-state index in [1.54, 1.807) is 11.3 Å². The third kappa shape index (κ3) is 3.11. The van der Waals surface area contributed by atoms with Crippen molar-refractivity contribution in [2.75, 3.05) is 13.1 Å². The van der Waals surface area contributed by atoms with Gasteiger partial charge in [0.05, 0.1) is 6.04 Å². The topological polar surface area (TPSA) is 28.2 Å². The summed E-state index contributed by atoms with van der Waals surface area (Å²) < 4.78 is 0. The van der Waals surface area contributed by atoms with E-state index in [0.29, 0.717) is 18.1 Å². The van der Waals surface area contributed by atoms with Gasteiger partial charge in [-0.25, -0.2) is 4.98 Å². The zero-order valence-corrected chi connectivity index (χ0v) is 12.5. The second-order valence-corrected chi connectivity index (χ2v) is 6.13. The van der Waals surface area contributed by atoms with E-state index in [9.17, 15) is 0 Å². The molecule has 2 rings (SSSR count). The highest BCUT2D eigenvalue weighted by atomic mass is 32.1. The molecule has 0 bridgehead atoms. The maximum absolute atomic E-state index is 4.49. The molecule has 0 amide bonds. The van der Waals surface area contributed by atoms with Gasteiger partial charge in [-0.05, 0) is 19.8 Å². The van der Waals surface area contributed by atoms with Crippen molar-refractivity contribution in [3.63, 3.8) is 0 Å². The molecule has 102 valence electrons. The quantitative estimate of drug-likeness (QED) is 0.888. The van der Waals surface area contributed by atoms with E-state index in [0.717, 1.165) is 13.1 Å². The Bertz CT molecular complexity index is 339. The molecule has 0 spiro atoms. The molecule has 18 heavy (non-hydrogen) atoms. The van der Waals surface area contributed by atoms with Crippen LogP contribution < -0.4 is 5.32 Å². The minimum Gasteiger partial charge on any atom is -0.311 e. The number of rotatable bonds is 5. The second-order valence-electron chi connectivity index (χ2n) is 5.20. The summed E-state index contributed by atoms with van der Waals surface area (Å²) in [6, 6.07) is 1.76. The summed E-state index contributed by atoms with van der Waals surface area (Å²) in [5.74, 6) is 0. The van der Waals surface area contributed by atoms with Gasteiger partial charge >= 0.3 is 0 Å². The largest absolute Gasteiger partial charge is 0.311 e. The molecule has 4 heteroatoms. The molecule has 0 aliphatic carbocycles. The van der Waals surface area contributed by atoms with Gasteiger partial charge in [0.2, 0.25) is 0 Å². The Balaban J connectivity index is 2.06. The predicted molar refractivity (Wildman–Crippen MR) is 78.0 cm³/mol. The first-order chi connectivity index (χ1) is 8.76. The normalized spacial score (nSPS) is 27.3. The number of hydrogen-bond donors (Lipinski definition) is 1. The van der Waals surface area contributed by atoms with Gasteiger partial charge in [-0.1, -0.05) is 20.3 Å². The maximum atomic E-state index is 4.49. The zero-order chi connectivity index (χ0) is 13.0. The van der Waals surface area contributed by atoms with E-state index in [4.69, 9.17) is 0 Å². The molecule has 1 fully saturated rings. The van der Waals surface area contributed by atoms with Gasteiger partial charge in [-0.15, -0.1) is 11.3 Å². The van der Waals surface area contributed by atoms with E-state index in [-0.39, 0.29) is 0 Å². The van der Waals surface area contributed by atoms with E-state index in [1.165, 1.54) is 24.3 Å². The number of thiazole rings is 1. The van der Waals surface area contributed by atoms with Crippen molar-refractivity contribution < 1.29 is 0 Å². The first-order valence-electron chi connectivity index (χ1n) is 7.14. The molecular formula is C14H25N3S. The van der Waals surface area contributed by atoms with Crippen LogP contribution in [0.1, 0.15) is 51.1 Å². The lowest BCUT2D eigenvalue weighted by Crippen LogP contribution is -2.56. The Morgan fingerprint density at radius 2 is 2.39 bits per heavy atom. The monoisotopic (exact) mass is 267 g/mol. The van der Waals surface area contributed by atoms with Crippen molar-refractivity contribution in [1.29, 1.82) is 0 Å². The first-order valence-corrected chi connectivity index (χ1v) is 8.02. The van der Waals surface area contributed by atoms with Crippen LogP contribution in [0.5, 0.6) is 0 Å². The molecule has 1 aliphatic rings. The summed E-state index contributed by atoms with van der Waals surface area (Å²) in [6.45, 7) is 9.13. The molecule has 1 aromatic rings. The standard InChI is InChI=1S/C14H25N3S/c1-4-6-12-10-17(13(5-2)9-16-12)11(3)14-15-7-8-18-14/h7-8,11-13,16H,4-6,9-10H2,1-3H3. The Hall–Kier alpha value is -0.450. The van der Waals surface area contributed by atoms with Crippen molar-refractivity contribution in [2.45, 2.75) is 58.2 Å². The van der Waals surface area contributed by atoms with Crippen molar-refractivity contribution in [3.05, 3.63) is 16.6 Å². The number of piperazine rings is 1. The Morgan fingerprint density at radius 1 is 1.56 bits per heavy atom. The molecule has 1 saturated heterocycles. The fourth-order valence-electron chi connectivity index (χ4n) is 2.87. The molecule has 2 heterocycles. The van der Waals surface area contributed by atoms with E-state index in [2.05, 4.69) is 41.4 Å². The van der Waals surface area contributed by atoms with Gasteiger partial charge in [-0.3, -0.25) is 4.90 Å². The Labute approximate surface area is 115 Å². The smallest absolute Gasteiger partial charge is 0.109 e. The highest BCUT2D eigenvalue weighted by molar-refractivity contribution is 7.09. The summed E-state index contributed by atoms with van der Waals surface area (Å²) in [6.07, 6.45) is 5.66. The van der Waals surface area contributed by atoms with Gasteiger partial charge in [-0.2, -0.15) is 0 Å². The van der Waals surface area contributed by atoms with Crippen LogP contribution >= 0.6 is 11.3 Å². The van der Waals surface area contributed by atoms with E-state index in [1.807, 2.05) is 6.20 Å². The van der Waals surface area contributed by atoms with Gasteiger partial charge < -0.3 is 5.32 Å². The van der Waals surface area contributed by atoms with Crippen LogP contribution in [-0.2, 0) is 0 Å². The van der Waals surface area contributed by atoms with Crippen molar-refractivity contribution in [3.8, 4) is 0 Å². The number of hydrogen-bond acceptors (Lipinski definition) is 4. The van der Waals surface area contributed by atoms with Crippen LogP contribution in [0.4, 0.5) is 0 Å². The maximum Gasteiger partial charge on any atom is 0.109 e. The van der Waals surface area contributed by atoms with Crippen LogP contribution in [0.15, 0.2) is 11.6 Å². The van der Waals surface area contributed by atoms with Crippen molar-refractivity contribution in [1.82, 2.24) is 15.2 Å². The van der Waals surface area contributed by atoms with Crippen molar-refractivity contribution in [2.24, 2.45) is 0 Å². The molecule has 0 radical (unpaired) electrons. The minimum absolute atomic E-state index is 0.455. The lowest BCUT2D eigenvalue weighted by molar-refractivity contribution is 0.0834. The highest BCUT2D eigenvalue weighted by Crippen LogP contribution is 2.27. The molecule has 1 N–H and O–H groups in total. The summed E-state index contributed by atoms with van der Waals surface area (Å²) >= 11 is 1.78. The third-order valence-corrected chi connectivity index (χ3v) is 4.90. The molecule has 3 nitrogen and oxygen atoms in total. The van der Waals surface area contributed by atoms with Gasteiger partial charge in [0.1, 0.15) is 5.01 Å². The van der Waals surface area contributed by atoms with Crippen LogP contribution in [-0.4, -0.2) is 35.1 Å². The number of nitrogens with one attached hydrogen (secondary N) is 1. The average Bonchev–Trinajstić information content (AvgIpc) is 2.92. The summed E-state index contributed by atoms with van der Waals surface area (Å²) in [5, 5.41) is 7.03. The van der Waals surface area contributed by atoms with Gasteiger partial charge in [0.25, 0.3) is 0 Å². The molecule has 0 aromatic carbocycles. The zero-order valence-electron chi connectivity index (χ0n) is 11.7. The highest BCUT2D eigenvalue weighted by Gasteiger charge is 2.31. The molecule has 3 unspecified atom stereocenters. The second kappa shape index (κ2) is 6.64. The first kappa shape index (κ1) is 14.0. The van der Waals surface area contributed by atoms with Gasteiger partial charge in [0.15, 0.2) is 0 Å². The molecule has 1 aliphatic heterocycles.